The molecule has 3 nitrogen and oxygen atoms in total. The second-order valence-corrected chi connectivity index (χ2v) is 7.65. The van der Waals surface area contributed by atoms with Crippen molar-refractivity contribution in [1.82, 2.24) is 4.31 Å². The fourth-order valence-electron chi connectivity index (χ4n) is 1.75. The van der Waals surface area contributed by atoms with E-state index in [1.165, 1.54) is 10.6 Å². The predicted octanol–water partition coefficient (Wildman–Crippen LogP) is 3.00. The number of sulfonamides is 1. The van der Waals surface area contributed by atoms with Crippen LogP contribution in [0.1, 0.15) is 10.9 Å². The third kappa shape index (κ3) is 2.74. The minimum atomic E-state index is -3.22. The molecule has 0 aliphatic carbocycles. The van der Waals surface area contributed by atoms with Gasteiger partial charge in [0.2, 0.25) is 10.0 Å². The fraction of sp³-hybridized carbons (Fsp3) is 0.400. The van der Waals surface area contributed by atoms with E-state index >= 15 is 0 Å². The lowest BCUT2D eigenvalue weighted by molar-refractivity contribution is 0.439. The highest BCUT2D eigenvalue weighted by molar-refractivity contribution is 8.00. The van der Waals surface area contributed by atoms with Gasteiger partial charge in [-0.15, -0.1) is 11.8 Å². The standard InChI is InChI=1S/C10H11Cl2NO2S2/c1-17(14,15)13-5-6-16-10(13)7-3-2-4-8(11)9(7)12/h2-4,10H,5-6H2,1H3. The third-order valence-electron chi connectivity index (χ3n) is 2.52. The Kier molecular flexibility index (Phi) is 3.95. The summed E-state index contributed by atoms with van der Waals surface area (Å²) in [5.41, 5.74) is 0.757. The van der Waals surface area contributed by atoms with Crippen LogP contribution in [0.25, 0.3) is 0 Å². The SMILES string of the molecule is CS(=O)(=O)N1CCSC1c1cccc(Cl)c1Cl. The molecule has 0 aromatic heterocycles. The number of hydrogen-bond donors (Lipinski definition) is 0. The van der Waals surface area contributed by atoms with Gasteiger partial charge in [-0.3, -0.25) is 0 Å². The first-order valence-electron chi connectivity index (χ1n) is 4.93. The quantitative estimate of drug-likeness (QED) is 0.842. The number of benzene rings is 1. The smallest absolute Gasteiger partial charge is 0.212 e. The molecule has 0 saturated carbocycles. The predicted molar refractivity (Wildman–Crippen MR) is 73.2 cm³/mol. The Morgan fingerprint density at radius 2 is 2.12 bits per heavy atom. The Bertz CT molecular complexity index is 533. The van der Waals surface area contributed by atoms with E-state index in [0.717, 1.165) is 11.3 Å². The summed E-state index contributed by atoms with van der Waals surface area (Å²) >= 11 is 13.6. The van der Waals surface area contributed by atoms with Gasteiger partial charge in [0.1, 0.15) is 0 Å². The molecule has 1 saturated heterocycles. The lowest BCUT2D eigenvalue weighted by atomic mass is 10.2. The van der Waals surface area contributed by atoms with Crippen LogP contribution < -0.4 is 0 Å². The Morgan fingerprint density at radius 1 is 1.41 bits per heavy atom. The van der Waals surface area contributed by atoms with E-state index in [-0.39, 0.29) is 5.37 Å². The van der Waals surface area contributed by atoms with E-state index < -0.39 is 10.0 Å². The van der Waals surface area contributed by atoms with Gasteiger partial charge in [0.05, 0.1) is 21.7 Å². The van der Waals surface area contributed by atoms with Gasteiger partial charge in [0.25, 0.3) is 0 Å². The van der Waals surface area contributed by atoms with Crippen LogP contribution in [0.15, 0.2) is 18.2 Å². The van der Waals surface area contributed by atoms with Crippen molar-refractivity contribution in [2.75, 3.05) is 18.6 Å². The van der Waals surface area contributed by atoms with Crippen LogP contribution >= 0.6 is 35.0 Å². The zero-order valence-electron chi connectivity index (χ0n) is 9.06. The lowest BCUT2D eigenvalue weighted by Gasteiger charge is -2.22. The zero-order chi connectivity index (χ0) is 12.6. The molecular formula is C10H11Cl2NO2S2. The fourth-order valence-corrected chi connectivity index (χ4v) is 5.05. The van der Waals surface area contributed by atoms with Crippen LogP contribution in [-0.2, 0) is 10.0 Å². The molecule has 7 heteroatoms. The maximum atomic E-state index is 11.7. The molecule has 0 N–H and O–H groups in total. The van der Waals surface area contributed by atoms with Crippen molar-refractivity contribution in [3.63, 3.8) is 0 Å². The van der Waals surface area contributed by atoms with E-state index in [4.69, 9.17) is 23.2 Å². The largest absolute Gasteiger partial charge is 0.212 e. The number of nitrogens with zero attached hydrogens (tertiary/aromatic N) is 1. The molecule has 1 aromatic carbocycles. The van der Waals surface area contributed by atoms with Crippen molar-refractivity contribution in [3.8, 4) is 0 Å². The van der Waals surface area contributed by atoms with E-state index in [9.17, 15) is 8.42 Å². The Morgan fingerprint density at radius 3 is 2.76 bits per heavy atom. The highest BCUT2D eigenvalue weighted by atomic mass is 35.5. The summed E-state index contributed by atoms with van der Waals surface area (Å²) in [6.45, 7) is 0.511. The summed E-state index contributed by atoms with van der Waals surface area (Å²) < 4.78 is 24.8. The maximum absolute atomic E-state index is 11.7. The van der Waals surface area contributed by atoms with Gasteiger partial charge in [-0.05, 0) is 6.07 Å². The molecule has 0 radical (unpaired) electrons. The summed E-state index contributed by atoms with van der Waals surface area (Å²) in [7, 11) is -3.22. The molecule has 1 aromatic rings. The van der Waals surface area contributed by atoms with E-state index in [1.54, 1.807) is 23.9 Å². The van der Waals surface area contributed by atoms with Gasteiger partial charge in [0.15, 0.2) is 0 Å². The van der Waals surface area contributed by atoms with Crippen LogP contribution in [0.3, 0.4) is 0 Å². The number of rotatable bonds is 2. The number of hydrogen-bond acceptors (Lipinski definition) is 3. The molecule has 0 spiro atoms. The topological polar surface area (TPSA) is 37.4 Å². The average molecular weight is 312 g/mol. The minimum Gasteiger partial charge on any atom is -0.212 e. The molecule has 94 valence electrons. The first-order chi connectivity index (χ1) is 7.91. The van der Waals surface area contributed by atoms with Gasteiger partial charge >= 0.3 is 0 Å². The number of thioether (sulfide) groups is 1. The van der Waals surface area contributed by atoms with Crippen LogP contribution in [0.4, 0.5) is 0 Å². The highest BCUT2D eigenvalue weighted by Gasteiger charge is 2.34. The molecule has 1 unspecified atom stereocenters. The van der Waals surface area contributed by atoms with Crippen molar-refractivity contribution >= 4 is 45.0 Å². The van der Waals surface area contributed by atoms with Gasteiger partial charge < -0.3 is 0 Å². The van der Waals surface area contributed by atoms with Gasteiger partial charge in [0, 0.05) is 17.9 Å². The van der Waals surface area contributed by atoms with Gasteiger partial charge in [-0.25, -0.2) is 8.42 Å². The van der Waals surface area contributed by atoms with Crippen molar-refractivity contribution in [2.24, 2.45) is 0 Å². The summed E-state index contributed by atoms with van der Waals surface area (Å²) in [6.07, 6.45) is 1.21. The lowest BCUT2D eigenvalue weighted by Crippen LogP contribution is -2.29. The van der Waals surface area contributed by atoms with Gasteiger partial charge in [-0.2, -0.15) is 4.31 Å². The monoisotopic (exact) mass is 311 g/mol. The zero-order valence-corrected chi connectivity index (χ0v) is 12.2. The Labute approximate surface area is 115 Å². The van der Waals surface area contributed by atoms with E-state index in [2.05, 4.69) is 0 Å². The molecule has 0 amide bonds. The second kappa shape index (κ2) is 4.97. The summed E-state index contributed by atoms with van der Waals surface area (Å²) in [5.74, 6) is 0.764. The number of halogens is 2. The maximum Gasteiger partial charge on any atom is 0.212 e. The van der Waals surface area contributed by atoms with E-state index in [0.29, 0.717) is 16.6 Å². The van der Waals surface area contributed by atoms with Crippen LogP contribution in [-0.4, -0.2) is 31.3 Å². The molecule has 1 atom stereocenters. The molecule has 17 heavy (non-hydrogen) atoms. The van der Waals surface area contributed by atoms with Crippen LogP contribution in [0, 0.1) is 0 Å². The first-order valence-corrected chi connectivity index (χ1v) is 8.59. The van der Waals surface area contributed by atoms with E-state index in [1.807, 2.05) is 6.07 Å². The molecule has 1 aliphatic rings. The first kappa shape index (κ1) is 13.5. The van der Waals surface area contributed by atoms with Crippen molar-refractivity contribution in [1.29, 1.82) is 0 Å². The molecular weight excluding hydrogens is 301 g/mol. The normalized spacial score (nSPS) is 21.9. The third-order valence-corrected chi connectivity index (χ3v) is 5.98. The highest BCUT2D eigenvalue weighted by Crippen LogP contribution is 2.43. The van der Waals surface area contributed by atoms with Crippen LogP contribution in [0.2, 0.25) is 10.0 Å². The van der Waals surface area contributed by atoms with Crippen molar-refractivity contribution in [2.45, 2.75) is 5.37 Å². The molecule has 0 bridgehead atoms. The minimum absolute atomic E-state index is 0.267. The van der Waals surface area contributed by atoms with Crippen molar-refractivity contribution in [3.05, 3.63) is 33.8 Å². The average Bonchev–Trinajstić information content (AvgIpc) is 2.70. The second-order valence-electron chi connectivity index (χ2n) is 3.74. The van der Waals surface area contributed by atoms with Gasteiger partial charge in [-0.1, -0.05) is 35.3 Å². The van der Waals surface area contributed by atoms with Crippen LogP contribution in [0.5, 0.6) is 0 Å². The molecule has 1 heterocycles. The Hall–Kier alpha value is 0.0600. The van der Waals surface area contributed by atoms with Crippen molar-refractivity contribution < 1.29 is 8.42 Å². The molecule has 1 fully saturated rings. The Balaban J connectivity index is 2.43. The molecule has 1 aliphatic heterocycles. The molecule has 2 rings (SSSR count). The summed E-state index contributed by atoms with van der Waals surface area (Å²) in [4.78, 5) is 0. The summed E-state index contributed by atoms with van der Waals surface area (Å²) in [5, 5.41) is 0.614. The summed E-state index contributed by atoms with van der Waals surface area (Å²) in [6, 6.07) is 5.29.